The minimum absolute atomic E-state index is 0.0248. The second-order valence-corrected chi connectivity index (χ2v) is 8.73. The van der Waals surface area contributed by atoms with Crippen LogP contribution in [0.2, 0.25) is 0 Å². The molecule has 0 saturated heterocycles. The van der Waals surface area contributed by atoms with Crippen molar-refractivity contribution in [3.05, 3.63) is 88.9 Å². The number of hydrogen-bond donors (Lipinski definition) is 1. The molecule has 0 unspecified atom stereocenters. The fourth-order valence-electron chi connectivity index (χ4n) is 3.55. The Morgan fingerprint density at radius 3 is 2.24 bits per heavy atom. The van der Waals surface area contributed by atoms with Crippen molar-refractivity contribution in [1.82, 2.24) is 4.90 Å². The summed E-state index contributed by atoms with van der Waals surface area (Å²) in [7, 11) is 0. The van der Waals surface area contributed by atoms with Gasteiger partial charge in [0.15, 0.2) is 6.61 Å². The van der Waals surface area contributed by atoms with Crippen molar-refractivity contribution in [3.8, 4) is 0 Å². The number of hydrogen-bond acceptors (Lipinski definition) is 8. The van der Waals surface area contributed by atoms with Gasteiger partial charge < -0.3 is 19.2 Å². The van der Waals surface area contributed by atoms with Crippen molar-refractivity contribution >= 4 is 35.3 Å². The van der Waals surface area contributed by atoms with Gasteiger partial charge in [-0.25, -0.2) is 9.59 Å². The molecule has 0 fully saturated rings. The Hall–Kier alpha value is -4.73. The predicted molar refractivity (Wildman–Crippen MR) is 130 cm³/mol. The van der Waals surface area contributed by atoms with Gasteiger partial charge in [0.2, 0.25) is 0 Å². The molecule has 10 heteroatoms. The third kappa shape index (κ3) is 5.92. The van der Waals surface area contributed by atoms with Crippen LogP contribution >= 0.6 is 0 Å². The van der Waals surface area contributed by atoms with Crippen LogP contribution in [0.5, 0.6) is 0 Å². The molecule has 0 bridgehead atoms. The van der Waals surface area contributed by atoms with Crippen LogP contribution in [-0.4, -0.2) is 47.8 Å². The molecule has 1 aromatic heterocycles. The molecule has 0 aliphatic carbocycles. The van der Waals surface area contributed by atoms with Crippen LogP contribution < -0.4 is 5.32 Å². The van der Waals surface area contributed by atoms with Crippen molar-refractivity contribution < 1.29 is 37.9 Å². The number of rotatable bonds is 9. The Balaban J connectivity index is 1.31. The average Bonchev–Trinajstić information content (AvgIpc) is 3.49. The number of furan rings is 1. The first-order chi connectivity index (χ1) is 17.7. The van der Waals surface area contributed by atoms with E-state index in [1.807, 2.05) is 13.8 Å². The van der Waals surface area contributed by atoms with Crippen LogP contribution in [0, 0.1) is 5.92 Å². The lowest BCUT2D eigenvalue weighted by Gasteiger charge is -2.11. The lowest BCUT2D eigenvalue weighted by atomic mass is 10.1. The van der Waals surface area contributed by atoms with Crippen molar-refractivity contribution in [2.24, 2.45) is 5.92 Å². The number of esters is 2. The maximum Gasteiger partial charge on any atom is 0.338 e. The van der Waals surface area contributed by atoms with Crippen LogP contribution in [0.1, 0.15) is 61.0 Å². The summed E-state index contributed by atoms with van der Waals surface area (Å²) in [5.74, 6) is -2.27. The van der Waals surface area contributed by atoms with Gasteiger partial charge >= 0.3 is 11.9 Å². The molecule has 10 nitrogen and oxygen atoms in total. The van der Waals surface area contributed by atoms with Gasteiger partial charge in [-0.2, -0.15) is 0 Å². The zero-order chi connectivity index (χ0) is 26.5. The number of nitrogens with one attached hydrogen (secondary N) is 1. The van der Waals surface area contributed by atoms with E-state index in [0.717, 1.165) is 4.90 Å². The first-order valence-electron chi connectivity index (χ1n) is 11.5. The van der Waals surface area contributed by atoms with Gasteiger partial charge in [-0.05, 0) is 60.5 Å². The van der Waals surface area contributed by atoms with Gasteiger partial charge in [-0.1, -0.05) is 13.8 Å². The highest BCUT2D eigenvalue weighted by molar-refractivity contribution is 6.21. The largest absolute Gasteiger partial charge is 0.467 e. The molecule has 37 heavy (non-hydrogen) atoms. The monoisotopic (exact) mass is 504 g/mol. The van der Waals surface area contributed by atoms with Crippen molar-refractivity contribution in [1.29, 1.82) is 0 Å². The number of anilines is 1. The van der Waals surface area contributed by atoms with Gasteiger partial charge in [0.25, 0.3) is 17.7 Å². The Kier molecular flexibility index (Phi) is 7.47. The Bertz CT molecular complexity index is 1340. The average molecular weight is 504 g/mol. The first-order valence-corrected chi connectivity index (χ1v) is 11.5. The second kappa shape index (κ2) is 10.9. The van der Waals surface area contributed by atoms with Crippen LogP contribution in [-0.2, 0) is 20.8 Å². The molecule has 1 aliphatic rings. The number of amides is 3. The summed E-state index contributed by atoms with van der Waals surface area (Å²) in [6.07, 6.45) is 1.44. The standard InChI is InChI=1S/C27H24N2O8/c1-16(2)14-36-26(33)17-5-8-19(9-6-17)28-23(30)15-37-27(34)18-7-10-21-22(12-18)25(32)29(24(21)31)13-20-4-3-11-35-20/h3-12,16H,13-15H2,1-2H3,(H,28,30). The van der Waals surface area contributed by atoms with Gasteiger partial charge in [0.05, 0.1) is 41.7 Å². The molecular formula is C27H24N2O8. The molecule has 3 amide bonds. The lowest BCUT2D eigenvalue weighted by Crippen LogP contribution is -2.28. The molecule has 4 rings (SSSR count). The quantitative estimate of drug-likeness (QED) is 0.345. The van der Waals surface area contributed by atoms with Crippen molar-refractivity contribution in [2.45, 2.75) is 20.4 Å². The van der Waals surface area contributed by atoms with Gasteiger partial charge in [0.1, 0.15) is 5.76 Å². The number of carbonyl (C=O) groups excluding carboxylic acids is 5. The molecular weight excluding hydrogens is 480 g/mol. The van der Waals surface area contributed by atoms with E-state index in [1.54, 1.807) is 12.1 Å². The molecule has 1 aliphatic heterocycles. The highest BCUT2D eigenvalue weighted by Gasteiger charge is 2.36. The number of imide groups is 1. The molecule has 0 saturated carbocycles. The number of carbonyl (C=O) groups is 5. The number of benzene rings is 2. The summed E-state index contributed by atoms with van der Waals surface area (Å²) in [5.41, 5.74) is 1.01. The fourth-order valence-corrected chi connectivity index (χ4v) is 3.55. The maximum atomic E-state index is 12.7. The van der Waals surface area contributed by atoms with Crippen LogP contribution in [0.4, 0.5) is 5.69 Å². The number of ether oxygens (including phenoxy) is 2. The van der Waals surface area contributed by atoms with Crippen LogP contribution in [0.15, 0.2) is 65.3 Å². The van der Waals surface area contributed by atoms with Crippen LogP contribution in [0.3, 0.4) is 0 Å². The van der Waals surface area contributed by atoms with E-state index in [9.17, 15) is 24.0 Å². The van der Waals surface area contributed by atoms with Crippen molar-refractivity contribution in [3.63, 3.8) is 0 Å². The van der Waals surface area contributed by atoms with Gasteiger partial charge in [-0.3, -0.25) is 19.3 Å². The molecule has 0 radical (unpaired) electrons. The second-order valence-electron chi connectivity index (χ2n) is 8.73. The maximum absolute atomic E-state index is 12.7. The fraction of sp³-hybridized carbons (Fsp3) is 0.222. The Morgan fingerprint density at radius 1 is 0.892 bits per heavy atom. The van der Waals surface area contributed by atoms with E-state index in [1.165, 1.54) is 48.7 Å². The van der Waals surface area contributed by atoms with E-state index < -0.39 is 36.3 Å². The van der Waals surface area contributed by atoms with Crippen LogP contribution in [0.25, 0.3) is 0 Å². The van der Waals surface area contributed by atoms with Gasteiger partial charge in [-0.15, -0.1) is 0 Å². The summed E-state index contributed by atoms with van der Waals surface area (Å²) in [4.78, 5) is 63.0. The smallest absolute Gasteiger partial charge is 0.338 e. The van der Waals surface area contributed by atoms with E-state index in [2.05, 4.69) is 5.32 Å². The topological polar surface area (TPSA) is 132 Å². The minimum atomic E-state index is -0.828. The number of nitrogens with zero attached hydrogens (tertiary/aromatic N) is 1. The highest BCUT2D eigenvalue weighted by Crippen LogP contribution is 2.26. The third-order valence-corrected chi connectivity index (χ3v) is 5.39. The number of fused-ring (bicyclic) bond motifs is 1. The molecule has 1 N–H and O–H groups in total. The Labute approximate surface area is 212 Å². The normalized spacial score (nSPS) is 12.5. The molecule has 190 valence electrons. The Morgan fingerprint density at radius 2 is 1.57 bits per heavy atom. The predicted octanol–water partition coefficient (Wildman–Crippen LogP) is 3.68. The summed E-state index contributed by atoms with van der Waals surface area (Å²) in [6, 6.07) is 13.4. The lowest BCUT2D eigenvalue weighted by molar-refractivity contribution is -0.119. The first kappa shape index (κ1) is 25.4. The van der Waals surface area contributed by atoms with E-state index in [4.69, 9.17) is 13.9 Å². The molecule has 3 aromatic rings. The van der Waals surface area contributed by atoms with E-state index in [0.29, 0.717) is 23.6 Å². The zero-order valence-electron chi connectivity index (χ0n) is 20.2. The van der Waals surface area contributed by atoms with E-state index in [-0.39, 0.29) is 29.2 Å². The molecule has 2 aromatic carbocycles. The minimum Gasteiger partial charge on any atom is -0.467 e. The van der Waals surface area contributed by atoms with E-state index >= 15 is 0 Å². The summed E-state index contributed by atoms with van der Waals surface area (Å²) in [5, 5.41) is 2.56. The SMILES string of the molecule is CC(C)COC(=O)c1ccc(NC(=O)COC(=O)c2ccc3c(c2)C(=O)N(Cc2ccco2)C3=O)cc1. The highest BCUT2D eigenvalue weighted by atomic mass is 16.5. The summed E-state index contributed by atoms with van der Waals surface area (Å²) < 4.78 is 15.4. The summed E-state index contributed by atoms with van der Waals surface area (Å²) in [6.45, 7) is 3.56. The van der Waals surface area contributed by atoms with Gasteiger partial charge in [0, 0.05) is 5.69 Å². The molecule has 0 atom stereocenters. The zero-order valence-corrected chi connectivity index (χ0v) is 20.2. The van der Waals surface area contributed by atoms with Crippen molar-refractivity contribution in [2.75, 3.05) is 18.5 Å². The molecule has 2 heterocycles. The molecule has 0 spiro atoms. The third-order valence-electron chi connectivity index (χ3n) is 5.39. The summed E-state index contributed by atoms with van der Waals surface area (Å²) >= 11 is 0.